The van der Waals surface area contributed by atoms with Gasteiger partial charge in [-0.2, -0.15) is 0 Å². The van der Waals surface area contributed by atoms with Gasteiger partial charge in [-0.15, -0.1) is 0 Å². The van der Waals surface area contributed by atoms with E-state index in [1.54, 1.807) is 13.1 Å². The molecule has 2 aliphatic rings. The maximum Gasteiger partial charge on any atom is 0.240 e. The smallest absolute Gasteiger partial charge is 0.240 e. The van der Waals surface area contributed by atoms with E-state index in [4.69, 9.17) is 0 Å². The molecule has 0 aromatic carbocycles. The van der Waals surface area contributed by atoms with Crippen molar-refractivity contribution in [1.82, 2.24) is 9.71 Å². The highest BCUT2D eigenvalue weighted by atomic mass is 32.2. The van der Waals surface area contributed by atoms with Crippen molar-refractivity contribution in [3.63, 3.8) is 0 Å². The van der Waals surface area contributed by atoms with Gasteiger partial charge < -0.3 is 5.32 Å². The Balaban J connectivity index is 1.66. The average Bonchev–Trinajstić information content (AvgIpc) is 3.08. The van der Waals surface area contributed by atoms with Gasteiger partial charge in [-0.05, 0) is 43.1 Å². The Morgan fingerprint density at radius 2 is 2.20 bits per heavy atom. The van der Waals surface area contributed by atoms with E-state index in [1.807, 2.05) is 0 Å². The van der Waals surface area contributed by atoms with E-state index in [-0.39, 0.29) is 4.90 Å². The molecule has 3 rings (SSSR count). The predicted octanol–water partition coefficient (Wildman–Crippen LogP) is 1.84. The van der Waals surface area contributed by atoms with Crippen molar-refractivity contribution in [2.45, 2.75) is 30.6 Å². The lowest BCUT2D eigenvalue weighted by Crippen LogP contribution is -2.31. The number of fused-ring (bicyclic) bond motifs is 2. The minimum absolute atomic E-state index is 0.278. The summed E-state index contributed by atoms with van der Waals surface area (Å²) in [5.74, 6) is 2.65. The molecule has 3 atom stereocenters. The van der Waals surface area contributed by atoms with Crippen LogP contribution in [0.4, 0.5) is 5.82 Å². The normalized spacial score (nSPS) is 28.8. The topological polar surface area (TPSA) is 71.1 Å². The van der Waals surface area contributed by atoms with Crippen molar-refractivity contribution in [2.24, 2.45) is 17.8 Å². The molecule has 2 fully saturated rings. The van der Waals surface area contributed by atoms with Crippen LogP contribution in [0.25, 0.3) is 0 Å². The second-order valence-corrected chi connectivity index (χ2v) is 7.68. The molecule has 0 spiro atoms. The molecule has 0 saturated heterocycles. The molecule has 0 radical (unpaired) electrons. The van der Waals surface area contributed by atoms with Crippen LogP contribution in [-0.2, 0) is 10.0 Å². The van der Waals surface area contributed by atoms with Crippen LogP contribution in [0.5, 0.6) is 0 Å². The van der Waals surface area contributed by atoms with Crippen LogP contribution in [0.2, 0.25) is 0 Å². The monoisotopic (exact) mass is 295 g/mol. The number of aromatic nitrogens is 1. The molecule has 1 heterocycles. The molecule has 20 heavy (non-hydrogen) atoms. The van der Waals surface area contributed by atoms with Crippen LogP contribution < -0.4 is 10.0 Å². The molecular weight excluding hydrogens is 274 g/mol. The fraction of sp³-hybridized carbons (Fsp3) is 0.643. The lowest BCUT2D eigenvalue weighted by atomic mass is 9.89. The van der Waals surface area contributed by atoms with Crippen LogP contribution in [0.3, 0.4) is 0 Å². The summed E-state index contributed by atoms with van der Waals surface area (Å²) in [5, 5.41) is 2.86. The van der Waals surface area contributed by atoms with Crippen molar-refractivity contribution in [1.29, 1.82) is 0 Å². The third-order valence-corrected chi connectivity index (χ3v) is 6.14. The SMILES string of the molecule is CNc1cc(S(=O)(=O)NCC2CC3CCC2C3)ccn1. The largest absolute Gasteiger partial charge is 0.373 e. The highest BCUT2D eigenvalue weighted by Crippen LogP contribution is 2.48. The highest BCUT2D eigenvalue weighted by Gasteiger charge is 2.39. The van der Waals surface area contributed by atoms with Crippen molar-refractivity contribution >= 4 is 15.8 Å². The van der Waals surface area contributed by atoms with Crippen LogP contribution in [-0.4, -0.2) is 27.0 Å². The number of sulfonamides is 1. The summed E-state index contributed by atoms with van der Waals surface area (Å²) >= 11 is 0. The quantitative estimate of drug-likeness (QED) is 0.869. The van der Waals surface area contributed by atoms with Gasteiger partial charge in [0.1, 0.15) is 5.82 Å². The van der Waals surface area contributed by atoms with Gasteiger partial charge >= 0.3 is 0 Å². The molecule has 3 unspecified atom stereocenters. The number of nitrogens with zero attached hydrogens (tertiary/aromatic N) is 1. The third-order valence-electron chi connectivity index (χ3n) is 4.72. The summed E-state index contributed by atoms with van der Waals surface area (Å²) in [5.41, 5.74) is 0. The van der Waals surface area contributed by atoms with Crippen molar-refractivity contribution in [3.05, 3.63) is 18.3 Å². The molecule has 0 amide bonds. The molecule has 0 aliphatic heterocycles. The molecule has 1 aromatic rings. The fourth-order valence-electron chi connectivity index (χ4n) is 3.64. The summed E-state index contributed by atoms with van der Waals surface area (Å²) in [6.45, 7) is 0.570. The van der Waals surface area contributed by atoms with Crippen LogP contribution in [0.15, 0.2) is 23.2 Å². The number of nitrogens with one attached hydrogen (secondary N) is 2. The van der Waals surface area contributed by atoms with E-state index in [0.29, 0.717) is 18.3 Å². The predicted molar refractivity (Wildman–Crippen MR) is 77.9 cm³/mol. The maximum absolute atomic E-state index is 12.3. The highest BCUT2D eigenvalue weighted by molar-refractivity contribution is 7.89. The van der Waals surface area contributed by atoms with E-state index >= 15 is 0 Å². The summed E-state index contributed by atoms with van der Waals surface area (Å²) in [6.07, 6.45) is 6.61. The van der Waals surface area contributed by atoms with E-state index in [1.165, 1.54) is 37.9 Å². The second-order valence-electron chi connectivity index (χ2n) is 5.91. The minimum Gasteiger partial charge on any atom is -0.373 e. The van der Waals surface area contributed by atoms with Gasteiger partial charge in [0, 0.05) is 25.9 Å². The first-order valence-corrected chi connectivity index (χ1v) is 8.70. The molecular formula is C14H21N3O2S. The zero-order valence-corrected chi connectivity index (χ0v) is 12.5. The zero-order valence-electron chi connectivity index (χ0n) is 11.7. The summed E-state index contributed by atoms with van der Waals surface area (Å²) < 4.78 is 27.4. The summed E-state index contributed by atoms with van der Waals surface area (Å²) in [7, 11) is -1.70. The number of hydrogen-bond acceptors (Lipinski definition) is 4. The zero-order chi connectivity index (χ0) is 14.2. The number of hydrogen-bond donors (Lipinski definition) is 2. The Labute approximate surface area is 120 Å². The Morgan fingerprint density at radius 3 is 2.85 bits per heavy atom. The Kier molecular flexibility index (Phi) is 3.69. The van der Waals surface area contributed by atoms with Gasteiger partial charge in [0.25, 0.3) is 0 Å². The first-order valence-electron chi connectivity index (χ1n) is 7.22. The van der Waals surface area contributed by atoms with Crippen LogP contribution >= 0.6 is 0 Å². The first-order chi connectivity index (χ1) is 9.58. The molecule has 5 nitrogen and oxygen atoms in total. The van der Waals surface area contributed by atoms with Gasteiger partial charge in [-0.1, -0.05) is 6.42 Å². The summed E-state index contributed by atoms with van der Waals surface area (Å²) in [4.78, 5) is 4.31. The molecule has 1 aromatic heterocycles. The van der Waals surface area contributed by atoms with Crippen LogP contribution in [0.1, 0.15) is 25.7 Å². The van der Waals surface area contributed by atoms with Crippen molar-refractivity contribution < 1.29 is 8.42 Å². The lowest BCUT2D eigenvalue weighted by Gasteiger charge is -2.21. The molecule has 2 bridgehead atoms. The van der Waals surface area contributed by atoms with Gasteiger partial charge in [-0.3, -0.25) is 0 Å². The van der Waals surface area contributed by atoms with E-state index < -0.39 is 10.0 Å². The van der Waals surface area contributed by atoms with Gasteiger partial charge in [0.15, 0.2) is 0 Å². The van der Waals surface area contributed by atoms with E-state index in [2.05, 4.69) is 15.0 Å². The van der Waals surface area contributed by atoms with Gasteiger partial charge in [0.2, 0.25) is 10.0 Å². The molecule has 2 saturated carbocycles. The second kappa shape index (κ2) is 5.33. The number of rotatable bonds is 5. The molecule has 110 valence electrons. The van der Waals surface area contributed by atoms with Crippen molar-refractivity contribution in [2.75, 3.05) is 18.9 Å². The van der Waals surface area contributed by atoms with E-state index in [0.717, 1.165) is 11.8 Å². The third kappa shape index (κ3) is 2.67. The lowest BCUT2D eigenvalue weighted by molar-refractivity contribution is 0.333. The van der Waals surface area contributed by atoms with Crippen LogP contribution in [0, 0.1) is 17.8 Å². The van der Waals surface area contributed by atoms with E-state index in [9.17, 15) is 8.42 Å². The van der Waals surface area contributed by atoms with Gasteiger partial charge in [0.05, 0.1) is 4.90 Å². The Bertz CT molecular complexity index is 588. The molecule has 2 aliphatic carbocycles. The average molecular weight is 295 g/mol. The summed E-state index contributed by atoms with van der Waals surface area (Å²) in [6, 6.07) is 3.09. The fourth-order valence-corrected chi connectivity index (χ4v) is 4.75. The molecule has 2 N–H and O–H groups in total. The number of pyridine rings is 1. The van der Waals surface area contributed by atoms with Gasteiger partial charge in [-0.25, -0.2) is 18.1 Å². The number of anilines is 1. The Morgan fingerprint density at radius 1 is 1.35 bits per heavy atom. The van der Waals surface area contributed by atoms with Crippen molar-refractivity contribution in [3.8, 4) is 0 Å². The maximum atomic E-state index is 12.3. The molecule has 6 heteroatoms. The minimum atomic E-state index is -3.43. The first kappa shape index (κ1) is 13.8. The Hall–Kier alpha value is -1.14. The standard InChI is InChI=1S/C14H21N3O2S/c1-15-14-8-13(4-5-16-14)20(18,19)17-9-12-7-10-2-3-11(12)6-10/h4-5,8,10-12,17H,2-3,6-7,9H2,1H3,(H,15,16).